The molecule has 160 valence electrons. The van der Waals surface area contributed by atoms with Crippen LogP contribution in [0.1, 0.15) is 64.2 Å². The minimum absolute atomic E-state index is 0.0566. The molecule has 2 N–H and O–H groups in total. The van der Waals surface area contributed by atoms with Gasteiger partial charge in [0, 0.05) is 18.5 Å². The number of esters is 1. The fraction of sp³-hybridized carbons (Fsp3) is 0.810. The lowest BCUT2D eigenvalue weighted by Gasteiger charge is -2.56. The van der Waals surface area contributed by atoms with Crippen LogP contribution < -0.4 is 10.6 Å². The van der Waals surface area contributed by atoms with Gasteiger partial charge in [0.1, 0.15) is 6.54 Å². The number of nitrogens with zero attached hydrogens (tertiary/aromatic N) is 1. The molecule has 0 atom stereocenters. The summed E-state index contributed by atoms with van der Waals surface area (Å²) in [5.74, 6) is 0.748. The molecule has 1 aliphatic heterocycles. The Balaban J connectivity index is 1.19. The van der Waals surface area contributed by atoms with Crippen LogP contribution in [-0.4, -0.2) is 54.0 Å². The molecule has 29 heavy (non-hydrogen) atoms. The molecule has 0 spiro atoms. The Kier molecular flexibility index (Phi) is 5.79. The molecule has 5 aliphatic rings. The van der Waals surface area contributed by atoms with E-state index in [1.807, 2.05) is 0 Å². The zero-order chi connectivity index (χ0) is 20.4. The number of imide groups is 1. The standard InChI is InChI=1S/C21H31N3O5/c25-17(13-29-19(27)12-24-5-3-1-2-4-18(24)26)22-20(28)23-21-9-14-6-15(10-21)8-16(7-14)11-21/h14-16H,1-13H2,(H2,22,23,25,28). The van der Waals surface area contributed by atoms with E-state index >= 15 is 0 Å². The molecule has 8 heteroatoms. The average Bonchev–Trinajstić information content (AvgIpc) is 2.82. The fourth-order valence-corrected chi connectivity index (χ4v) is 6.25. The molecule has 4 aliphatic carbocycles. The maximum atomic E-state index is 12.3. The highest BCUT2D eigenvalue weighted by Crippen LogP contribution is 2.55. The molecule has 4 saturated carbocycles. The summed E-state index contributed by atoms with van der Waals surface area (Å²) in [6.45, 7) is -0.131. The molecule has 0 aromatic rings. The summed E-state index contributed by atoms with van der Waals surface area (Å²) in [4.78, 5) is 49.7. The smallest absolute Gasteiger partial charge is 0.326 e. The SMILES string of the molecule is O=C(COC(=O)CN1CCCCCC1=O)NC(=O)NC12CC3CC(CC(C3)C1)C2. The van der Waals surface area contributed by atoms with Crippen molar-refractivity contribution >= 4 is 23.8 Å². The number of ether oxygens (including phenoxy) is 1. The molecule has 0 aromatic carbocycles. The largest absolute Gasteiger partial charge is 0.454 e. The first-order chi connectivity index (χ1) is 13.9. The van der Waals surface area contributed by atoms with Crippen LogP contribution in [0.3, 0.4) is 0 Å². The van der Waals surface area contributed by atoms with Crippen molar-refractivity contribution in [2.75, 3.05) is 19.7 Å². The predicted octanol–water partition coefficient (Wildman–Crippen LogP) is 1.73. The van der Waals surface area contributed by atoms with Crippen molar-refractivity contribution in [2.45, 2.75) is 69.7 Å². The van der Waals surface area contributed by atoms with Crippen LogP contribution in [0.5, 0.6) is 0 Å². The first-order valence-electron chi connectivity index (χ1n) is 11.0. The molecule has 1 heterocycles. The van der Waals surface area contributed by atoms with Gasteiger partial charge in [-0.05, 0) is 69.1 Å². The van der Waals surface area contributed by atoms with Crippen LogP contribution in [0.2, 0.25) is 0 Å². The Bertz CT molecular complexity index is 657. The lowest BCUT2D eigenvalue weighted by atomic mass is 9.53. The van der Waals surface area contributed by atoms with Crippen LogP contribution in [-0.2, 0) is 19.1 Å². The van der Waals surface area contributed by atoms with Gasteiger partial charge in [0.25, 0.3) is 5.91 Å². The Morgan fingerprint density at radius 1 is 1.00 bits per heavy atom. The van der Waals surface area contributed by atoms with Gasteiger partial charge in [-0.15, -0.1) is 0 Å². The number of urea groups is 1. The Labute approximate surface area is 171 Å². The third kappa shape index (κ3) is 4.90. The lowest BCUT2D eigenvalue weighted by Crippen LogP contribution is -2.62. The monoisotopic (exact) mass is 405 g/mol. The van der Waals surface area contributed by atoms with Gasteiger partial charge in [-0.25, -0.2) is 4.79 Å². The average molecular weight is 405 g/mol. The Morgan fingerprint density at radius 2 is 1.66 bits per heavy atom. The van der Waals surface area contributed by atoms with E-state index in [9.17, 15) is 19.2 Å². The Hall–Kier alpha value is -2.12. The number of amides is 4. The summed E-state index contributed by atoms with van der Waals surface area (Å²) in [7, 11) is 0. The first-order valence-corrected chi connectivity index (χ1v) is 11.0. The maximum absolute atomic E-state index is 12.3. The zero-order valence-electron chi connectivity index (χ0n) is 16.9. The number of nitrogens with one attached hydrogen (secondary N) is 2. The van der Waals surface area contributed by atoms with E-state index < -0.39 is 24.5 Å². The van der Waals surface area contributed by atoms with Crippen molar-refractivity contribution in [1.29, 1.82) is 0 Å². The highest BCUT2D eigenvalue weighted by molar-refractivity contribution is 5.96. The molecule has 8 nitrogen and oxygen atoms in total. The predicted molar refractivity (Wildman–Crippen MR) is 104 cm³/mol. The van der Waals surface area contributed by atoms with E-state index in [4.69, 9.17) is 4.74 Å². The van der Waals surface area contributed by atoms with Crippen molar-refractivity contribution in [3.63, 3.8) is 0 Å². The van der Waals surface area contributed by atoms with Crippen LogP contribution in [0.15, 0.2) is 0 Å². The number of hydrogen-bond acceptors (Lipinski definition) is 5. The molecule has 5 rings (SSSR count). The van der Waals surface area contributed by atoms with E-state index in [-0.39, 0.29) is 18.0 Å². The van der Waals surface area contributed by atoms with E-state index in [0.717, 1.165) is 38.5 Å². The normalized spacial score (nSPS) is 33.2. The van der Waals surface area contributed by atoms with Crippen molar-refractivity contribution < 1.29 is 23.9 Å². The summed E-state index contributed by atoms with van der Waals surface area (Å²) in [5.41, 5.74) is -0.178. The molecule has 0 aromatic heterocycles. The second-order valence-electron chi connectivity index (χ2n) is 9.49. The van der Waals surface area contributed by atoms with Crippen LogP contribution in [0.25, 0.3) is 0 Å². The second kappa shape index (κ2) is 8.32. The highest BCUT2D eigenvalue weighted by Gasteiger charge is 2.51. The molecule has 1 saturated heterocycles. The minimum atomic E-state index is -0.650. The highest BCUT2D eigenvalue weighted by atomic mass is 16.5. The van der Waals surface area contributed by atoms with Gasteiger partial charge < -0.3 is 15.0 Å². The van der Waals surface area contributed by atoms with Crippen LogP contribution in [0.4, 0.5) is 4.79 Å². The third-order valence-corrected chi connectivity index (χ3v) is 7.03. The van der Waals surface area contributed by atoms with Gasteiger partial charge in [0.15, 0.2) is 6.61 Å². The Morgan fingerprint density at radius 3 is 2.31 bits per heavy atom. The van der Waals surface area contributed by atoms with Crippen molar-refractivity contribution in [3.05, 3.63) is 0 Å². The fourth-order valence-electron chi connectivity index (χ4n) is 6.25. The van der Waals surface area contributed by atoms with Gasteiger partial charge in [-0.2, -0.15) is 0 Å². The van der Waals surface area contributed by atoms with Gasteiger partial charge in [0.05, 0.1) is 0 Å². The number of rotatable bonds is 5. The molecular weight excluding hydrogens is 374 g/mol. The molecule has 0 radical (unpaired) electrons. The summed E-state index contributed by atoms with van der Waals surface area (Å²) >= 11 is 0. The van der Waals surface area contributed by atoms with Gasteiger partial charge in [-0.1, -0.05) is 6.42 Å². The molecular formula is C21H31N3O5. The van der Waals surface area contributed by atoms with Crippen molar-refractivity contribution in [1.82, 2.24) is 15.5 Å². The molecule has 0 unspecified atom stereocenters. The first kappa shape index (κ1) is 20.2. The summed E-state index contributed by atoms with van der Waals surface area (Å²) in [6.07, 6.45) is 9.94. The van der Waals surface area contributed by atoms with Gasteiger partial charge in [0.2, 0.25) is 5.91 Å². The van der Waals surface area contributed by atoms with E-state index in [1.165, 1.54) is 24.2 Å². The number of carbonyl (C=O) groups excluding carboxylic acids is 4. The van der Waals surface area contributed by atoms with E-state index in [0.29, 0.717) is 30.7 Å². The topological polar surface area (TPSA) is 105 Å². The zero-order valence-corrected chi connectivity index (χ0v) is 16.9. The number of likely N-dealkylation sites (tertiary alicyclic amines) is 1. The van der Waals surface area contributed by atoms with Crippen LogP contribution in [0, 0.1) is 17.8 Å². The van der Waals surface area contributed by atoms with Crippen molar-refractivity contribution in [2.24, 2.45) is 17.8 Å². The molecule has 4 bridgehead atoms. The van der Waals surface area contributed by atoms with E-state index in [2.05, 4.69) is 10.6 Å². The number of carbonyl (C=O) groups is 4. The molecule has 4 amide bonds. The van der Waals surface area contributed by atoms with Gasteiger partial charge in [-0.3, -0.25) is 19.7 Å². The molecule has 5 fully saturated rings. The summed E-state index contributed by atoms with van der Waals surface area (Å²) < 4.78 is 4.97. The van der Waals surface area contributed by atoms with E-state index in [1.54, 1.807) is 0 Å². The summed E-state index contributed by atoms with van der Waals surface area (Å²) in [5, 5.41) is 5.34. The van der Waals surface area contributed by atoms with Crippen LogP contribution >= 0.6 is 0 Å². The second-order valence-corrected chi connectivity index (χ2v) is 9.49. The van der Waals surface area contributed by atoms with Crippen molar-refractivity contribution in [3.8, 4) is 0 Å². The minimum Gasteiger partial charge on any atom is -0.454 e. The maximum Gasteiger partial charge on any atom is 0.326 e. The summed E-state index contributed by atoms with van der Waals surface area (Å²) in [6, 6.07) is -0.504. The van der Waals surface area contributed by atoms with Gasteiger partial charge >= 0.3 is 12.0 Å². The quantitative estimate of drug-likeness (QED) is 0.678. The third-order valence-electron chi connectivity index (χ3n) is 7.03. The lowest BCUT2D eigenvalue weighted by molar-refractivity contribution is -0.152. The number of hydrogen-bond donors (Lipinski definition) is 2.